The average molecular weight is 292 g/mol. The van der Waals surface area contributed by atoms with Gasteiger partial charge in [0.25, 0.3) is 0 Å². The van der Waals surface area contributed by atoms with Gasteiger partial charge in [-0.3, -0.25) is 4.98 Å². The molecule has 19 heavy (non-hydrogen) atoms. The van der Waals surface area contributed by atoms with Crippen molar-refractivity contribution < 1.29 is 0 Å². The molecule has 3 heterocycles. The summed E-state index contributed by atoms with van der Waals surface area (Å²) in [6.07, 6.45) is 4.58. The number of halogens is 1. The van der Waals surface area contributed by atoms with Crippen molar-refractivity contribution in [2.24, 2.45) is 0 Å². The molecule has 98 valence electrons. The van der Waals surface area contributed by atoms with Crippen molar-refractivity contribution in [3.05, 3.63) is 46.7 Å². The number of thiophene rings is 1. The fourth-order valence-corrected chi connectivity index (χ4v) is 3.08. The van der Waals surface area contributed by atoms with E-state index in [4.69, 9.17) is 11.6 Å². The SMILES string of the molecule is CC(Cl)c1nc2cnccc2n1CCc1ccsc1. The van der Waals surface area contributed by atoms with Crippen LogP contribution in [0.2, 0.25) is 0 Å². The first kappa shape index (κ1) is 12.6. The summed E-state index contributed by atoms with van der Waals surface area (Å²) in [6, 6.07) is 4.16. The van der Waals surface area contributed by atoms with Crippen molar-refractivity contribution in [1.82, 2.24) is 14.5 Å². The average Bonchev–Trinajstić information content (AvgIpc) is 3.03. The van der Waals surface area contributed by atoms with Gasteiger partial charge in [0.2, 0.25) is 0 Å². The predicted molar refractivity (Wildman–Crippen MR) is 79.8 cm³/mol. The van der Waals surface area contributed by atoms with Crippen LogP contribution in [0, 0.1) is 0 Å². The van der Waals surface area contributed by atoms with E-state index in [9.17, 15) is 0 Å². The van der Waals surface area contributed by atoms with Crippen LogP contribution in [0.25, 0.3) is 11.0 Å². The third kappa shape index (κ3) is 2.51. The van der Waals surface area contributed by atoms with Crippen molar-refractivity contribution in [1.29, 1.82) is 0 Å². The number of alkyl halides is 1. The van der Waals surface area contributed by atoms with Crippen LogP contribution in [0.1, 0.15) is 23.7 Å². The molecule has 0 fully saturated rings. The topological polar surface area (TPSA) is 30.7 Å². The number of fused-ring (bicyclic) bond motifs is 1. The second-order valence-electron chi connectivity index (χ2n) is 4.48. The third-order valence-corrected chi connectivity index (χ3v) is 4.07. The molecule has 0 aromatic carbocycles. The molecule has 5 heteroatoms. The van der Waals surface area contributed by atoms with Crippen molar-refractivity contribution in [2.75, 3.05) is 0 Å². The Morgan fingerprint density at radius 1 is 1.42 bits per heavy atom. The molecule has 0 aliphatic rings. The fourth-order valence-electron chi connectivity index (χ4n) is 2.21. The largest absolute Gasteiger partial charge is 0.326 e. The first-order chi connectivity index (χ1) is 9.25. The van der Waals surface area contributed by atoms with Gasteiger partial charge in [0, 0.05) is 12.7 Å². The highest BCUT2D eigenvalue weighted by Crippen LogP contribution is 2.24. The molecule has 3 aromatic rings. The van der Waals surface area contributed by atoms with Gasteiger partial charge in [-0.2, -0.15) is 11.3 Å². The van der Waals surface area contributed by atoms with Gasteiger partial charge in [0.15, 0.2) is 0 Å². The lowest BCUT2D eigenvalue weighted by molar-refractivity contribution is 0.669. The van der Waals surface area contributed by atoms with E-state index in [1.807, 2.05) is 13.0 Å². The van der Waals surface area contributed by atoms with Crippen molar-refractivity contribution >= 4 is 34.0 Å². The Kier molecular flexibility index (Phi) is 3.53. The van der Waals surface area contributed by atoms with Crippen LogP contribution in [0.4, 0.5) is 0 Å². The Hall–Kier alpha value is -1.39. The number of hydrogen-bond donors (Lipinski definition) is 0. The van der Waals surface area contributed by atoms with Crippen molar-refractivity contribution in [3.8, 4) is 0 Å². The first-order valence-corrected chi connectivity index (χ1v) is 7.59. The van der Waals surface area contributed by atoms with E-state index in [0.29, 0.717) is 0 Å². The lowest BCUT2D eigenvalue weighted by Gasteiger charge is -2.09. The molecule has 0 N–H and O–H groups in total. The monoisotopic (exact) mass is 291 g/mol. The van der Waals surface area contributed by atoms with E-state index in [2.05, 4.69) is 31.4 Å². The molecule has 0 amide bonds. The van der Waals surface area contributed by atoms with Gasteiger partial charge in [-0.15, -0.1) is 11.6 Å². The molecule has 3 aromatic heterocycles. The Morgan fingerprint density at radius 3 is 3.05 bits per heavy atom. The summed E-state index contributed by atoms with van der Waals surface area (Å²) in [5.74, 6) is 0.917. The van der Waals surface area contributed by atoms with Crippen molar-refractivity contribution in [3.63, 3.8) is 0 Å². The van der Waals surface area contributed by atoms with E-state index in [-0.39, 0.29) is 5.38 Å². The van der Waals surface area contributed by atoms with Crippen LogP contribution in [0.5, 0.6) is 0 Å². The van der Waals surface area contributed by atoms with Gasteiger partial charge < -0.3 is 4.57 Å². The fraction of sp³-hybridized carbons (Fsp3) is 0.286. The summed E-state index contributed by atoms with van der Waals surface area (Å²) < 4.78 is 2.20. The van der Waals surface area contributed by atoms with Crippen LogP contribution in [0.3, 0.4) is 0 Å². The molecule has 0 spiro atoms. The highest BCUT2D eigenvalue weighted by atomic mass is 35.5. The maximum Gasteiger partial charge on any atom is 0.127 e. The van der Waals surface area contributed by atoms with E-state index in [0.717, 1.165) is 29.8 Å². The van der Waals surface area contributed by atoms with E-state index < -0.39 is 0 Å². The molecule has 0 aliphatic heterocycles. The van der Waals surface area contributed by atoms with Crippen LogP contribution in [0.15, 0.2) is 35.3 Å². The third-order valence-electron chi connectivity index (χ3n) is 3.14. The van der Waals surface area contributed by atoms with Crippen LogP contribution in [-0.4, -0.2) is 14.5 Å². The first-order valence-electron chi connectivity index (χ1n) is 6.21. The number of aryl methyl sites for hydroxylation is 2. The number of pyridine rings is 1. The second-order valence-corrected chi connectivity index (χ2v) is 5.92. The zero-order chi connectivity index (χ0) is 13.2. The summed E-state index contributed by atoms with van der Waals surface area (Å²) >= 11 is 7.97. The van der Waals surface area contributed by atoms with Gasteiger partial charge in [-0.1, -0.05) is 0 Å². The molecule has 3 nitrogen and oxygen atoms in total. The van der Waals surface area contributed by atoms with Crippen LogP contribution in [-0.2, 0) is 13.0 Å². The number of hydrogen-bond acceptors (Lipinski definition) is 3. The molecule has 1 atom stereocenters. The number of rotatable bonds is 4. The molecule has 0 aliphatic carbocycles. The smallest absolute Gasteiger partial charge is 0.127 e. The summed E-state index contributed by atoms with van der Waals surface area (Å²) in [5.41, 5.74) is 3.37. The van der Waals surface area contributed by atoms with Crippen molar-refractivity contribution in [2.45, 2.75) is 25.3 Å². The minimum absolute atomic E-state index is 0.102. The maximum atomic E-state index is 6.24. The quantitative estimate of drug-likeness (QED) is 0.679. The Bertz CT molecular complexity index is 673. The molecule has 0 saturated carbocycles. The predicted octanol–water partition coefficient (Wildman–Crippen LogP) is 4.04. The van der Waals surface area contributed by atoms with Crippen LogP contribution < -0.4 is 0 Å². The molecule has 0 radical (unpaired) electrons. The number of imidazole rings is 1. The summed E-state index contributed by atoms with van der Waals surface area (Å²) in [7, 11) is 0. The minimum Gasteiger partial charge on any atom is -0.326 e. The normalized spacial score (nSPS) is 12.9. The molecule has 0 bridgehead atoms. The summed E-state index contributed by atoms with van der Waals surface area (Å²) in [4.78, 5) is 8.70. The van der Waals surface area contributed by atoms with E-state index in [1.54, 1.807) is 23.7 Å². The molecule has 1 unspecified atom stereocenters. The van der Waals surface area contributed by atoms with Gasteiger partial charge in [0.05, 0.1) is 17.1 Å². The van der Waals surface area contributed by atoms with Gasteiger partial charge in [0.1, 0.15) is 11.3 Å². The zero-order valence-corrected chi connectivity index (χ0v) is 12.2. The summed E-state index contributed by atoms with van der Waals surface area (Å²) in [6.45, 7) is 2.85. The maximum absolute atomic E-state index is 6.24. The second kappa shape index (κ2) is 5.31. The molecular weight excluding hydrogens is 278 g/mol. The molecular formula is C14H14ClN3S. The minimum atomic E-state index is -0.102. The standard InChI is InChI=1S/C14H14ClN3S/c1-10(15)14-17-12-8-16-5-2-13(12)18(14)6-3-11-4-7-19-9-11/h2,4-5,7-10H,3,6H2,1H3. The Morgan fingerprint density at radius 2 is 2.32 bits per heavy atom. The van der Waals surface area contributed by atoms with Gasteiger partial charge >= 0.3 is 0 Å². The number of nitrogens with zero attached hydrogens (tertiary/aromatic N) is 3. The highest BCUT2D eigenvalue weighted by molar-refractivity contribution is 7.07. The Balaban J connectivity index is 1.97. The van der Waals surface area contributed by atoms with Crippen LogP contribution >= 0.6 is 22.9 Å². The molecule has 0 saturated heterocycles. The van der Waals surface area contributed by atoms with Gasteiger partial charge in [-0.05, 0) is 41.8 Å². The number of aromatic nitrogens is 3. The van der Waals surface area contributed by atoms with E-state index in [1.165, 1.54) is 5.56 Å². The lowest BCUT2D eigenvalue weighted by atomic mass is 10.2. The van der Waals surface area contributed by atoms with Gasteiger partial charge in [-0.25, -0.2) is 4.98 Å². The zero-order valence-electron chi connectivity index (χ0n) is 10.6. The lowest BCUT2D eigenvalue weighted by Crippen LogP contribution is -2.06. The van der Waals surface area contributed by atoms with E-state index >= 15 is 0 Å². The summed E-state index contributed by atoms with van der Waals surface area (Å²) in [5, 5.41) is 4.19. The Labute approximate surface area is 120 Å². The highest BCUT2D eigenvalue weighted by Gasteiger charge is 2.14. The molecule has 3 rings (SSSR count).